The SMILES string of the molecule is O=C(NC[C@H]1[C@@H]2CNC[C@@H](C2)[C@@H]2CCCCN21)c1cccc(F)c1F. The van der Waals surface area contributed by atoms with Crippen LogP contribution in [0.2, 0.25) is 0 Å². The van der Waals surface area contributed by atoms with Crippen LogP contribution in [-0.2, 0) is 0 Å². The van der Waals surface area contributed by atoms with Crippen LogP contribution in [0.5, 0.6) is 0 Å². The number of amides is 1. The molecule has 4 atom stereocenters. The van der Waals surface area contributed by atoms with Gasteiger partial charge in [-0.2, -0.15) is 0 Å². The molecule has 1 aromatic rings. The largest absolute Gasteiger partial charge is 0.350 e. The number of benzene rings is 1. The second kappa shape index (κ2) is 7.00. The molecule has 0 saturated carbocycles. The van der Waals surface area contributed by atoms with Crippen LogP contribution in [0.3, 0.4) is 0 Å². The van der Waals surface area contributed by atoms with Crippen molar-refractivity contribution >= 4 is 5.91 Å². The first kappa shape index (κ1) is 16.9. The van der Waals surface area contributed by atoms with Crippen molar-refractivity contribution in [3.63, 3.8) is 0 Å². The van der Waals surface area contributed by atoms with E-state index in [4.69, 9.17) is 0 Å². The Morgan fingerprint density at radius 1 is 1.24 bits per heavy atom. The van der Waals surface area contributed by atoms with Gasteiger partial charge >= 0.3 is 0 Å². The van der Waals surface area contributed by atoms with E-state index in [1.165, 1.54) is 37.8 Å². The van der Waals surface area contributed by atoms with E-state index in [0.717, 1.165) is 25.7 Å². The van der Waals surface area contributed by atoms with Crippen LogP contribution in [-0.4, -0.2) is 49.1 Å². The van der Waals surface area contributed by atoms with Gasteiger partial charge in [0.15, 0.2) is 11.6 Å². The van der Waals surface area contributed by atoms with Crippen molar-refractivity contribution in [1.82, 2.24) is 15.5 Å². The Kier molecular flexibility index (Phi) is 4.73. The minimum absolute atomic E-state index is 0.217. The van der Waals surface area contributed by atoms with Crippen molar-refractivity contribution in [2.24, 2.45) is 11.8 Å². The van der Waals surface area contributed by atoms with Crippen LogP contribution in [0.15, 0.2) is 18.2 Å². The number of nitrogens with one attached hydrogen (secondary N) is 2. The van der Waals surface area contributed by atoms with Gasteiger partial charge in [0.1, 0.15) is 0 Å². The summed E-state index contributed by atoms with van der Waals surface area (Å²) in [7, 11) is 0. The van der Waals surface area contributed by atoms with Crippen molar-refractivity contribution in [1.29, 1.82) is 0 Å². The number of fused-ring (bicyclic) bond motifs is 4. The average Bonchev–Trinajstić information content (AvgIpc) is 2.64. The number of carbonyl (C=O) groups excluding carboxylic acids is 1. The maximum Gasteiger partial charge on any atom is 0.254 e. The third kappa shape index (κ3) is 3.17. The van der Waals surface area contributed by atoms with Crippen molar-refractivity contribution < 1.29 is 13.6 Å². The fourth-order valence-corrected chi connectivity index (χ4v) is 5.02. The molecular formula is C19H25F2N3O. The van der Waals surface area contributed by atoms with E-state index in [2.05, 4.69) is 15.5 Å². The first-order valence-corrected chi connectivity index (χ1v) is 9.34. The van der Waals surface area contributed by atoms with E-state index in [9.17, 15) is 13.6 Å². The molecule has 2 bridgehead atoms. The molecule has 3 fully saturated rings. The van der Waals surface area contributed by atoms with Gasteiger partial charge in [0.2, 0.25) is 0 Å². The maximum absolute atomic E-state index is 13.8. The molecule has 2 N–H and O–H groups in total. The standard InChI is InChI=1S/C19H25F2N3O/c20-15-5-3-4-14(18(15)21)19(25)23-11-17-13-8-12(9-22-10-13)16-6-1-2-7-24(16)17/h3-5,12-13,16-17,22H,1-2,6-11H2,(H,23,25)/t12-,13+,16+,17+/m1/s1. The molecule has 4 nitrogen and oxygen atoms in total. The molecule has 1 amide bonds. The van der Waals surface area contributed by atoms with E-state index in [0.29, 0.717) is 24.4 Å². The predicted octanol–water partition coefficient (Wildman–Crippen LogP) is 2.16. The van der Waals surface area contributed by atoms with Gasteiger partial charge < -0.3 is 10.6 Å². The minimum Gasteiger partial charge on any atom is -0.350 e. The molecule has 3 aliphatic heterocycles. The summed E-state index contributed by atoms with van der Waals surface area (Å²) in [6.45, 7) is 3.62. The zero-order valence-corrected chi connectivity index (χ0v) is 14.3. The quantitative estimate of drug-likeness (QED) is 0.879. The molecule has 0 spiro atoms. The van der Waals surface area contributed by atoms with Crippen molar-refractivity contribution in [2.75, 3.05) is 26.2 Å². The number of piperidine rings is 3. The smallest absolute Gasteiger partial charge is 0.254 e. The van der Waals surface area contributed by atoms with Crippen LogP contribution < -0.4 is 10.6 Å². The summed E-state index contributed by atoms with van der Waals surface area (Å²) in [6.07, 6.45) is 4.90. The lowest BCUT2D eigenvalue weighted by molar-refractivity contribution is -0.0371. The van der Waals surface area contributed by atoms with Crippen molar-refractivity contribution in [3.05, 3.63) is 35.4 Å². The molecule has 3 saturated heterocycles. The third-order valence-electron chi connectivity index (χ3n) is 6.19. The van der Waals surface area contributed by atoms with Crippen molar-refractivity contribution in [3.8, 4) is 0 Å². The molecule has 0 aliphatic carbocycles. The Balaban J connectivity index is 1.47. The summed E-state index contributed by atoms with van der Waals surface area (Å²) in [5, 5.41) is 6.39. The summed E-state index contributed by atoms with van der Waals surface area (Å²) in [5.41, 5.74) is -0.217. The van der Waals surface area contributed by atoms with Gasteiger partial charge in [0.05, 0.1) is 5.56 Å². The Labute approximate surface area is 147 Å². The van der Waals surface area contributed by atoms with Gasteiger partial charge in [-0.15, -0.1) is 0 Å². The van der Waals surface area contributed by atoms with Gasteiger partial charge in [-0.3, -0.25) is 9.69 Å². The van der Waals surface area contributed by atoms with Crippen LogP contribution in [0, 0.1) is 23.5 Å². The third-order valence-corrected chi connectivity index (χ3v) is 6.19. The van der Waals surface area contributed by atoms with Gasteiger partial charge in [-0.1, -0.05) is 12.5 Å². The highest BCUT2D eigenvalue weighted by Gasteiger charge is 2.45. The fourth-order valence-electron chi connectivity index (χ4n) is 5.02. The topological polar surface area (TPSA) is 44.4 Å². The van der Waals surface area contributed by atoms with E-state index >= 15 is 0 Å². The number of hydrogen-bond donors (Lipinski definition) is 2. The minimum atomic E-state index is -1.07. The number of nitrogens with zero attached hydrogens (tertiary/aromatic N) is 1. The summed E-state index contributed by atoms with van der Waals surface area (Å²) >= 11 is 0. The Morgan fingerprint density at radius 2 is 2.08 bits per heavy atom. The highest BCUT2D eigenvalue weighted by molar-refractivity contribution is 5.94. The van der Waals surface area contributed by atoms with Crippen LogP contribution in [0.4, 0.5) is 8.78 Å². The highest BCUT2D eigenvalue weighted by Crippen LogP contribution is 2.38. The number of halogens is 2. The lowest BCUT2D eigenvalue weighted by Gasteiger charge is -2.55. The zero-order valence-electron chi connectivity index (χ0n) is 14.3. The number of rotatable bonds is 3. The van der Waals surface area contributed by atoms with Crippen LogP contribution >= 0.6 is 0 Å². The monoisotopic (exact) mass is 349 g/mol. The highest BCUT2D eigenvalue weighted by atomic mass is 19.2. The van der Waals surface area contributed by atoms with Gasteiger partial charge in [-0.25, -0.2) is 8.78 Å². The maximum atomic E-state index is 13.8. The second-order valence-corrected chi connectivity index (χ2v) is 7.59. The summed E-state index contributed by atoms with van der Waals surface area (Å²) < 4.78 is 27.2. The second-order valence-electron chi connectivity index (χ2n) is 7.59. The lowest BCUT2D eigenvalue weighted by Crippen LogP contribution is -2.65. The Hall–Kier alpha value is -1.53. The average molecular weight is 349 g/mol. The molecule has 6 heteroatoms. The fraction of sp³-hybridized carbons (Fsp3) is 0.632. The molecule has 4 rings (SSSR count). The number of hydrogen-bond acceptors (Lipinski definition) is 3. The molecule has 0 radical (unpaired) electrons. The molecule has 25 heavy (non-hydrogen) atoms. The zero-order chi connectivity index (χ0) is 17.4. The van der Waals surface area contributed by atoms with Crippen LogP contribution in [0.25, 0.3) is 0 Å². The predicted molar refractivity (Wildman–Crippen MR) is 91.3 cm³/mol. The molecule has 3 aliphatic rings. The van der Waals surface area contributed by atoms with E-state index in [-0.39, 0.29) is 11.6 Å². The molecule has 1 aromatic carbocycles. The first-order chi connectivity index (χ1) is 12.1. The normalized spacial score (nSPS) is 32.1. The van der Waals surface area contributed by atoms with Gasteiger partial charge in [0.25, 0.3) is 5.91 Å². The van der Waals surface area contributed by atoms with E-state index in [1.54, 1.807) is 0 Å². The molecule has 136 valence electrons. The molecular weight excluding hydrogens is 324 g/mol. The molecule has 0 aromatic heterocycles. The number of carbonyl (C=O) groups is 1. The van der Waals surface area contributed by atoms with E-state index in [1.807, 2.05) is 0 Å². The Bertz CT molecular complexity index is 654. The lowest BCUT2D eigenvalue weighted by atomic mass is 9.73. The van der Waals surface area contributed by atoms with E-state index < -0.39 is 17.5 Å². The van der Waals surface area contributed by atoms with Crippen molar-refractivity contribution in [2.45, 2.75) is 37.8 Å². The van der Waals surface area contributed by atoms with Gasteiger partial charge in [0, 0.05) is 18.6 Å². The first-order valence-electron chi connectivity index (χ1n) is 9.34. The van der Waals surface area contributed by atoms with Crippen LogP contribution in [0.1, 0.15) is 36.0 Å². The summed E-state index contributed by atoms with van der Waals surface area (Å²) in [6, 6.07) is 4.58. The summed E-state index contributed by atoms with van der Waals surface area (Å²) in [4.78, 5) is 14.9. The Morgan fingerprint density at radius 3 is 2.96 bits per heavy atom. The molecule has 3 heterocycles. The summed E-state index contributed by atoms with van der Waals surface area (Å²) in [5.74, 6) is -1.38. The van der Waals surface area contributed by atoms with Gasteiger partial charge in [-0.05, 0) is 62.9 Å². The molecule has 0 unspecified atom stereocenters.